The summed E-state index contributed by atoms with van der Waals surface area (Å²) in [6.07, 6.45) is 13.8. The van der Waals surface area contributed by atoms with Crippen LogP contribution in [0.2, 0.25) is 0 Å². The fourth-order valence-corrected chi connectivity index (χ4v) is 18.9. The summed E-state index contributed by atoms with van der Waals surface area (Å²) >= 11 is 0. The number of benzene rings is 15. The van der Waals surface area contributed by atoms with Crippen molar-refractivity contribution in [2.75, 3.05) is 50.5 Å². The zero-order chi connectivity index (χ0) is 89.0. The first-order valence-electron chi connectivity index (χ1n) is 44.2. The molecular formula is C115H77N16O3Pt3-9. The fraction of sp³-hybridized carbons (Fsp3) is 0.0261. The quantitative estimate of drug-likeness (QED) is 0.108. The summed E-state index contributed by atoms with van der Waals surface area (Å²) in [7, 11) is 6.24. The largest absolute Gasteiger partial charge is 0.513 e. The Morgan fingerprint density at radius 1 is 0.248 bits per heavy atom. The molecule has 0 aliphatic carbocycles. The van der Waals surface area contributed by atoms with E-state index in [0.29, 0.717) is 0 Å². The van der Waals surface area contributed by atoms with Crippen molar-refractivity contribution < 1.29 is 77.4 Å². The maximum Gasteiger partial charge on any atom is 0.138 e. The van der Waals surface area contributed by atoms with Crippen LogP contribution in [0.3, 0.4) is 0 Å². The Balaban J connectivity index is 0.000000118. The Labute approximate surface area is 834 Å². The molecule has 6 aromatic heterocycles. The maximum absolute atomic E-state index is 6.40. The number of aromatic nitrogens is 7. The smallest absolute Gasteiger partial charge is 0.138 e. The number of ether oxygens (including phenoxy) is 3. The van der Waals surface area contributed by atoms with E-state index in [1.165, 1.54) is 65.4 Å². The molecule has 0 atom stereocenters. The van der Waals surface area contributed by atoms with Gasteiger partial charge in [0, 0.05) is 156 Å². The van der Waals surface area contributed by atoms with Gasteiger partial charge in [-0.25, -0.2) is 0 Å². The monoisotopic (exact) mass is 2310 g/mol. The first-order chi connectivity index (χ1) is 66.2. The summed E-state index contributed by atoms with van der Waals surface area (Å²) in [5.41, 5.74) is 22.0. The molecule has 137 heavy (non-hydrogen) atoms. The Hall–Kier alpha value is -15.9. The predicted molar refractivity (Wildman–Crippen MR) is 535 cm³/mol. The molecule has 0 saturated heterocycles. The summed E-state index contributed by atoms with van der Waals surface area (Å²) in [6.45, 7) is 6.28. The van der Waals surface area contributed by atoms with E-state index in [1.54, 1.807) is 18.6 Å². The molecule has 0 radical (unpaired) electrons. The molecule has 21 aromatic rings. The zero-order valence-corrected chi connectivity index (χ0v) is 80.4. The number of anilines is 12. The molecule has 22 heteroatoms. The molecule has 12 heterocycles. The van der Waals surface area contributed by atoms with E-state index in [1.807, 2.05) is 163 Å². The minimum atomic E-state index is 0. The van der Waals surface area contributed by atoms with Crippen LogP contribution in [0.15, 0.2) is 395 Å². The molecule has 15 aromatic carbocycles. The van der Waals surface area contributed by atoms with Crippen molar-refractivity contribution in [3.8, 4) is 62.7 Å². The first-order valence-corrected chi connectivity index (χ1v) is 44.2. The molecule has 6 aliphatic rings. The van der Waals surface area contributed by atoms with Gasteiger partial charge in [0.2, 0.25) is 0 Å². The third kappa shape index (κ3) is 15.3. The van der Waals surface area contributed by atoms with Crippen LogP contribution in [-0.2, 0) is 63.2 Å². The number of fused-ring (bicyclic) bond motifs is 15. The summed E-state index contributed by atoms with van der Waals surface area (Å²) < 4.78 is 27.9. The number of hydrogen-bond acceptors (Lipinski definition) is 15. The average molecular weight is 2320 g/mol. The first kappa shape index (κ1) is 86.5. The van der Waals surface area contributed by atoms with Gasteiger partial charge >= 0.3 is 0 Å². The number of nitrogens with zero attached hydrogens (tertiary/aromatic N) is 16. The third-order valence-electron chi connectivity index (χ3n) is 24.9. The standard InChI is InChI=1S/2C39H26N5O.C37H25N6O.3Pt/c1-41-26-42(25-39(41)44-33-16-4-2-13-30(33)31-14-3-5-17-34(31)44)28-11-10-12-29(24-28)43-35-18-6-7-19-37(35)45-38-21-20-27(23-36(38)43)32-15-8-9-22-40-32;1-41-26-42(25-39(41)44-33-16-4-2-13-30(33)31-14-3-5-17-34(31)44)28-20-21-38-36(24-28)43(35-18-6-7-19-37(35)45-38)29-12-10-11-27(23-29)32-15-8-9-22-40-32;1-39-25-40(24-37(39)43-31-14-4-2-12-29(31)30-13-3-5-15-32(30)43)26-18-19-36-34(23-26)42(33-16-6-7-17-35(33)44-36)28-11-8-10-27(22-28)41-21-9-20-38-41;;;/h2*2-22,25-26H,1H3;2-21,24-25H,1H3;;;/q3*-3;;;. The minimum absolute atomic E-state index is 0. The van der Waals surface area contributed by atoms with Gasteiger partial charge in [-0.3, -0.25) is 18.4 Å². The van der Waals surface area contributed by atoms with E-state index < -0.39 is 0 Å². The van der Waals surface area contributed by atoms with E-state index in [-0.39, 0.29) is 63.2 Å². The SMILES string of the molecule is CN1[CH-]N(c2[c-]c(N3c4[c-]c(-c5ccccn5)ccc4Oc4ccccc43)ccc2)C=C1n1c2ccccc2c2ccccc21.CN1[CH-]N(c2[c-]c3c(cc2)Oc2ccccc2N3c2[c-]c(-c3ccccn3)ccc2)C=C1n1c2ccccc2c2ccccc21.CN1[CH-]N(c2[c-]c3c(cc2)Oc2ccccc2N3c2[c-]c(-n3cccn3)ccc2)C=C1n1c2ccccc2c2ccccc21.[Pt].[Pt].[Pt]. The molecule has 6 aliphatic heterocycles. The fourth-order valence-electron chi connectivity index (χ4n) is 18.9. The molecule has 19 nitrogen and oxygen atoms in total. The van der Waals surface area contributed by atoms with Crippen LogP contribution in [-0.4, -0.2) is 69.3 Å². The number of pyridine rings is 2. The van der Waals surface area contributed by atoms with Crippen LogP contribution >= 0.6 is 0 Å². The molecule has 0 fully saturated rings. The van der Waals surface area contributed by atoms with Crippen LogP contribution in [0, 0.1) is 56.4 Å². The summed E-state index contributed by atoms with van der Waals surface area (Å²) in [4.78, 5) is 28.4. The second-order valence-corrected chi connectivity index (χ2v) is 33.1. The molecule has 0 amide bonds. The molecule has 0 N–H and O–H groups in total. The van der Waals surface area contributed by atoms with Crippen LogP contribution in [0.1, 0.15) is 0 Å². The molecule has 0 bridgehead atoms. The van der Waals surface area contributed by atoms with Gasteiger partial charge in [0.05, 0.1) is 73.4 Å². The van der Waals surface area contributed by atoms with Gasteiger partial charge in [0.1, 0.15) is 17.2 Å². The second-order valence-electron chi connectivity index (χ2n) is 33.1. The molecule has 27 rings (SSSR count). The normalized spacial score (nSPS) is 13.7. The molecule has 0 spiro atoms. The van der Waals surface area contributed by atoms with Crippen molar-refractivity contribution in [1.82, 2.24) is 48.1 Å². The van der Waals surface area contributed by atoms with E-state index in [0.717, 1.165) is 148 Å². The summed E-state index contributed by atoms with van der Waals surface area (Å²) in [6, 6.07) is 142. The van der Waals surface area contributed by atoms with Gasteiger partial charge in [0.25, 0.3) is 0 Å². The third-order valence-corrected chi connectivity index (χ3v) is 24.9. The predicted octanol–water partition coefficient (Wildman–Crippen LogP) is 27.2. The van der Waals surface area contributed by atoms with Gasteiger partial charge in [-0.1, -0.05) is 181 Å². The van der Waals surface area contributed by atoms with Crippen LogP contribution in [0.4, 0.5) is 68.2 Å². The average Bonchev–Trinajstić information content (AvgIpc) is 1.54. The van der Waals surface area contributed by atoms with E-state index in [9.17, 15) is 0 Å². The van der Waals surface area contributed by atoms with Gasteiger partial charge < -0.3 is 68.3 Å². The van der Waals surface area contributed by atoms with E-state index >= 15 is 0 Å². The summed E-state index contributed by atoms with van der Waals surface area (Å²) in [5.74, 6) is 7.68. The second kappa shape index (κ2) is 36.1. The zero-order valence-electron chi connectivity index (χ0n) is 73.6. The van der Waals surface area contributed by atoms with Gasteiger partial charge in [-0.15, -0.1) is 143 Å². The van der Waals surface area contributed by atoms with Crippen molar-refractivity contribution in [2.24, 2.45) is 0 Å². The summed E-state index contributed by atoms with van der Waals surface area (Å²) in [5, 5.41) is 11.8. The molecule has 0 unspecified atom stereocenters. The van der Waals surface area contributed by atoms with Crippen molar-refractivity contribution in [2.45, 2.75) is 0 Å². The molecular weight excluding hydrogens is 2240 g/mol. The molecule has 674 valence electrons. The van der Waals surface area contributed by atoms with Gasteiger partial charge in [0.15, 0.2) is 0 Å². The Bertz CT molecular complexity index is 8130. The number of hydrogen-bond donors (Lipinski definition) is 0. The maximum atomic E-state index is 6.40. The van der Waals surface area contributed by atoms with Crippen molar-refractivity contribution in [1.29, 1.82) is 0 Å². The Kier molecular flexibility index (Phi) is 22.8. The van der Waals surface area contributed by atoms with E-state index in [4.69, 9.17) is 14.2 Å². The van der Waals surface area contributed by atoms with E-state index in [2.05, 4.69) is 369 Å². The Morgan fingerprint density at radius 3 is 0.942 bits per heavy atom. The van der Waals surface area contributed by atoms with Crippen LogP contribution in [0.5, 0.6) is 34.5 Å². The van der Waals surface area contributed by atoms with Gasteiger partial charge in [-0.2, -0.15) is 37.2 Å². The number of rotatable bonds is 12. The van der Waals surface area contributed by atoms with Crippen molar-refractivity contribution in [3.63, 3.8) is 0 Å². The Morgan fingerprint density at radius 2 is 0.562 bits per heavy atom. The number of para-hydroxylation sites is 12. The van der Waals surface area contributed by atoms with Crippen LogP contribution < -0.4 is 43.6 Å². The van der Waals surface area contributed by atoms with Crippen molar-refractivity contribution in [3.05, 3.63) is 452 Å². The van der Waals surface area contributed by atoms with Gasteiger partial charge in [-0.05, 0) is 146 Å². The van der Waals surface area contributed by atoms with Crippen LogP contribution in [0.25, 0.3) is 111 Å². The molecule has 0 saturated carbocycles. The minimum Gasteiger partial charge on any atom is -0.513 e. The van der Waals surface area contributed by atoms with Crippen molar-refractivity contribution >= 4 is 151 Å². The topological polar surface area (TPSA) is 115 Å².